The van der Waals surface area contributed by atoms with Crippen LogP contribution >= 0.6 is 0 Å². The van der Waals surface area contributed by atoms with Gasteiger partial charge in [0.2, 0.25) is 15.9 Å². The van der Waals surface area contributed by atoms with Crippen LogP contribution in [0, 0.1) is 13.8 Å². The zero-order chi connectivity index (χ0) is 21.9. The van der Waals surface area contributed by atoms with Crippen molar-refractivity contribution in [2.24, 2.45) is 0 Å². The van der Waals surface area contributed by atoms with E-state index in [1.807, 2.05) is 81.4 Å². The van der Waals surface area contributed by atoms with Crippen LogP contribution in [0.2, 0.25) is 0 Å². The molecule has 0 spiro atoms. The molecule has 0 aliphatic carbocycles. The number of amides is 1. The molecule has 158 valence electrons. The van der Waals surface area contributed by atoms with Crippen molar-refractivity contribution in [3.63, 3.8) is 0 Å². The Labute approximate surface area is 178 Å². The van der Waals surface area contributed by atoms with Gasteiger partial charge in [0.15, 0.2) is 0 Å². The molecule has 3 rings (SSSR count). The van der Waals surface area contributed by atoms with Gasteiger partial charge < -0.3 is 5.32 Å². The summed E-state index contributed by atoms with van der Waals surface area (Å²) in [5.41, 5.74) is 3.27. The molecule has 0 saturated carbocycles. The first kappa shape index (κ1) is 21.8. The van der Waals surface area contributed by atoms with Gasteiger partial charge in [-0.2, -0.15) is 0 Å². The quantitative estimate of drug-likeness (QED) is 0.614. The number of benzene rings is 3. The number of hydrogen-bond donors (Lipinski definition) is 1. The summed E-state index contributed by atoms with van der Waals surface area (Å²) < 4.78 is 26.6. The number of nitrogens with zero attached hydrogens (tertiary/aromatic N) is 1. The lowest BCUT2D eigenvalue weighted by atomic mass is 10.1. The van der Waals surface area contributed by atoms with Gasteiger partial charge in [-0.3, -0.25) is 9.10 Å². The molecule has 0 radical (unpaired) electrons. The van der Waals surface area contributed by atoms with Gasteiger partial charge in [0.25, 0.3) is 0 Å². The Morgan fingerprint density at radius 1 is 1.00 bits per heavy atom. The predicted octanol–water partition coefficient (Wildman–Crippen LogP) is 4.32. The fourth-order valence-corrected chi connectivity index (χ4v) is 4.91. The van der Waals surface area contributed by atoms with Crippen molar-refractivity contribution in [1.82, 2.24) is 5.32 Å². The van der Waals surface area contributed by atoms with Gasteiger partial charge in [-0.1, -0.05) is 55.5 Å². The maximum Gasteiger partial charge on any atom is 0.244 e. The number of anilines is 1. The molecule has 30 heavy (non-hydrogen) atoms. The van der Waals surface area contributed by atoms with Crippen molar-refractivity contribution < 1.29 is 13.2 Å². The van der Waals surface area contributed by atoms with E-state index in [0.717, 1.165) is 33.7 Å². The summed E-state index contributed by atoms with van der Waals surface area (Å²) in [7, 11) is -3.65. The minimum absolute atomic E-state index is 0.308. The Balaban J connectivity index is 1.85. The molecule has 6 heteroatoms. The van der Waals surface area contributed by atoms with Crippen LogP contribution in [0.15, 0.2) is 60.7 Å². The van der Waals surface area contributed by atoms with E-state index in [2.05, 4.69) is 5.32 Å². The minimum atomic E-state index is -3.65. The molecule has 0 bridgehead atoms. The smallest absolute Gasteiger partial charge is 0.244 e. The fraction of sp³-hybridized carbons (Fsp3) is 0.292. The van der Waals surface area contributed by atoms with Crippen LogP contribution < -0.4 is 9.62 Å². The summed E-state index contributed by atoms with van der Waals surface area (Å²) in [6.07, 6.45) is 1.51. The zero-order valence-electron chi connectivity index (χ0n) is 17.8. The summed E-state index contributed by atoms with van der Waals surface area (Å²) in [5.74, 6) is -0.308. The molecule has 1 atom stereocenters. The summed E-state index contributed by atoms with van der Waals surface area (Å²) >= 11 is 0. The molecule has 0 saturated heterocycles. The Bertz CT molecular complexity index is 1170. The molecule has 0 heterocycles. The molecule has 1 N–H and O–H groups in total. The zero-order valence-corrected chi connectivity index (χ0v) is 18.7. The number of nitrogens with one attached hydrogen (secondary N) is 1. The van der Waals surface area contributed by atoms with Crippen molar-refractivity contribution in [1.29, 1.82) is 0 Å². The van der Waals surface area contributed by atoms with E-state index >= 15 is 0 Å². The molecule has 1 amide bonds. The lowest BCUT2D eigenvalue weighted by Gasteiger charge is -2.31. The molecule has 0 fully saturated rings. The van der Waals surface area contributed by atoms with Gasteiger partial charge in [-0.15, -0.1) is 0 Å². The van der Waals surface area contributed by atoms with Crippen LogP contribution in [0.5, 0.6) is 0 Å². The number of carbonyl (C=O) groups is 1. The van der Waals surface area contributed by atoms with Gasteiger partial charge in [0, 0.05) is 6.54 Å². The molecule has 0 aromatic heterocycles. The average molecular weight is 425 g/mol. The second-order valence-electron chi connectivity index (χ2n) is 7.67. The van der Waals surface area contributed by atoms with E-state index in [1.165, 1.54) is 4.31 Å². The van der Waals surface area contributed by atoms with Gasteiger partial charge >= 0.3 is 0 Å². The standard InChI is InChI=1S/C24H28N2O3S/c1-5-22(26(30(4,28)29)23-14-17(2)10-11-18(23)3)24(27)25-16-19-12-13-20-8-6-7-9-21(20)15-19/h6-15,22H,5,16H2,1-4H3,(H,25,27). The lowest BCUT2D eigenvalue weighted by molar-refractivity contribution is -0.122. The Hall–Kier alpha value is -2.86. The number of carbonyl (C=O) groups excluding carboxylic acids is 1. The van der Waals surface area contributed by atoms with Crippen LogP contribution in [0.4, 0.5) is 5.69 Å². The number of aryl methyl sites for hydroxylation is 2. The first-order valence-corrected chi connectivity index (χ1v) is 11.9. The van der Waals surface area contributed by atoms with Gasteiger partial charge in [0.1, 0.15) is 6.04 Å². The number of sulfonamides is 1. The Morgan fingerprint density at radius 3 is 2.37 bits per heavy atom. The van der Waals surface area contributed by atoms with E-state index in [9.17, 15) is 13.2 Å². The number of fused-ring (bicyclic) bond motifs is 1. The van der Waals surface area contributed by atoms with Crippen LogP contribution in [0.1, 0.15) is 30.0 Å². The maximum atomic E-state index is 13.1. The molecule has 3 aromatic carbocycles. The van der Waals surface area contributed by atoms with Crippen molar-refractivity contribution >= 4 is 32.4 Å². The summed E-state index contributed by atoms with van der Waals surface area (Å²) in [6, 6.07) is 18.9. The van der Waals surface area contributed by atoms with Gasteiger partial charge in [0.05, 0.1) is 11.9 Å². The lowest BCUT2D eigenvalue weighted by Crippen LogP contribution is -2.49. The topological polar surface area (TPSA) is 66.5 Å². The van der Waals surface area contributed by atoms with Crippen molar-refractivity contribution in [2.75, 3.05) is 10.6 Å². The van der Waals surface area contributed by atoms with E-state index < -0.39 is 16.1 Å². The highest BCUT2D eigenvalue weighted by molar-refractivity contribution is 7.92. The third-order valence-electron chi connectivity index (χ3n) is 5.21. The second kappa shape index (κ2) is 8.88. The number of hydrogen-bond acceptors (Lipinski definition) is 3. The van der Waals surface area contributed by atoms with Crippen molar-refractivity contribution in [3.8, 4) is 0 Å². The first-order valence-electron chi connectivity index (χ1n) is 10.0. The molecule has 0 aliphatic rings. The van der Waals surface area contributed by atoms with E-state index in [1.54, 1.807) is 0 Å². The average Bonchev–Trinajstić information content (AvgIpc) is 2.71. The highest BCUT2D eigenvalue weighted by atomic mass is 32.2. The summed E-state index contributed by atoms with van der Waals surface area (Å²) in [4.78, 5) is 13.1. The third-order valence-corrected chi connectivity index (χ3v) is 6.38. The second-order valence-corrected chi connectivity index (χ2v) is 9.53. The summed E-state index contributed by atoms with van der Waals surface area (Å²) in [6.45, 7) is 5.92. The van der Waals surface area contributed by atoms with E-state index in [-0.39, 0.29) is 5.91 Å². The van der Waals surface area contributed by atoms with Crippen LogP contribution in [0.25, 0.3) is 10.8 Å². The van der Waals surface area contributed by atoms with Crippen LogP contribution in [-0.4, -0.2) is 26.6 Å². The maximum absolute atomic E-state index is 13.1. The molecular weight excluding hydrogens is 396 g/mol. The molecule has 0 aliphatic heterocycles. The molecule has 3 aromatic rings. The highest BCUT2D eigenvalue weighted by Crippen LogP contribution is 2.27. The Kier molecular flexibility index (Phi) is 6.46. The normalized spacial score (nSPS) is 12.5. The monoisotopic (exact) mass is 424 g/mol. The largest absolute Gasteiger partial charge is 0.350 e. The Morgan fingerprint density at radius 2 is 1.70 bits per heavy atom. The van der Waals surface area contributed by atoms with Crippen molar-refractivity contribution in [3.05, 3.63) is 77.4 Å². The predicted molar refractivity (Wildman–Crippen MR) is 123 cm³/mol. The SMILES string of the molecule is CCC(C(=O)NCc1ccc2ccccc2c1)N(c1cc(C)ccc1C)S(C)(=O)=O. The highest BCUT2D eigenvalue weighted by Gasteiger charge is 2.32. The fourth-order valence-electron chi connectivity index (χ4n) is 3.65. The van der Waals surface area contributed by atoms with E-state index in [0.29, 0.717) is 18.7 Å². The van der Waals surface area contributed by atoms with Crippen LogP contribution in [0.3, 0.4) is 0 Å². The van der Waals surface area contributed by atoms with Gasteiger partial charge in [-0.25, -0.2) is 8.42 Å². The molecular formula is C24H28N2O3S. The minimum Gasteiger partial charge on any atom is -0.350 e. The first-order chi connectivity index (χ1) is 14.2. The number of rotatable bonds is 7. The molecule has 1 unspecified atom stereocenters. The third kappa shape index (κ3) is 4.82. The van der Waals surface area contributed by atoms with Crippen LogP contribution in [-0.2, 0) is 21.4 Å². The van der Waals surface area contributed by atoms with E-state index in [4.69, 9.17) is 0 Å². The van der Waals surface area contributed by atoms with Crippen molar-refractivity contribution in [2.45, 2.75) is 39.8 Å². The summed E-state index contributed by atoms with van der Waals surface area (Å²) in [5, 5.41) is 5.16. The van der Waals surface area contributed by atoms with Gasteiger partial charge in [-0.05, 0) is 59.9 Å². The molecule has 5 nitrogen and oxygen atoms in total.